The molecule has 0 bridgehead atoms. The van der Waals surface area contributed by atoms with E-state index in [1.807, 2.05) is 61.5 Å². The van der Waals surface area contributed by atoms with Crippen molar-refractivity contribution in [2.24, 2.45) is 5.92 Å². The first-order valence-electron chi connectivity index (χ1n) is 9.87. The highest BCUT2D eigenvalue weighted by molar-refractivity contribution is 5.83. The summed E-state index contributed by atoms with van der Waals surface area (Å²) in [5.74, 6) is 2.60. The van der Waals surface area contributed by atoms with Crippen LogP contribution in [0, 0.1) is 18.3 Å². The van der Waals surface area contributed by atoms with Crippen molar-refractivity contribution in [3.8, 4) is 17.2 Å². The van der Waals surface area contributed by atoms with E-state index in [1.165, 1.54) is 0 Å². The van der Waals surface area contributed by atoms with E-state index in [9.17, 15) is 0 Å². The van der Waals surface area contributed by atoms with E-state index in [-0.39, 0.29) is 0 Å². The average Bonchev–Trinajstić information content (AvgIpc) is 3.11. The lowest BCUT2D eigenvalue weighted by Crippen LogP contribution is -2.10. The van der Waals surface area contributed by atoms with Gasteiger partial charge in [-0.3, -0.25) is 0 Å². The highest BCUT2D eigenvalue weighted by Gasteiger charge is 2.14. The third kappa shape index (κ3) is 5.10. The zero-order chi connectivity index (χ0) is 19.9. The molecule has 2 aromatic carbocycles. The van der Waals surface area contributed by atoms with E-state index < -0.39 is 0 Å². The summed E-state index contributed by atoms with van der Waals surface area (Å²) in [5, 5.41) is 8.14. The lowest BCUT2D eigenvalue weighted by molar-refractivity contribution is 0.306. The lowest BCUT2D eigenvalue weighted by Gasteiger charge is -2.09. The van der Waals surface area contributed by atoms with Crippen molar-refractivity contribution in [3.05, 3.63) is 71.6 Å². The van der Waals surface area contributed by atoms with Crippen LogP contribution in [0.4, 0.5) is 0 Å². The second-order valence-corrected chi connectivity index (χ2v) is 7.16. The topological polar surface area (TPSA) is 59.1 Å². The summed E-state index contributed by atoms with van der Waals surface area (Å²) in [6.45, 7) is 6.71. The quantitative estimate of drug-likeness (QED) is 0.450. The monoisotopic (exact) mass is 376 g/mol. The summed E-state index contributed by atoms with van der Waals surface area (Å²) in [6.07, 6.45) is 2.48. The Bertz CT molecular complexity index is 898. The van der Waals surface area contributed by atoms with E-state index in [0.29, 0.717) is 18.4 Å². The summed E-state index contributed by atoms with van der Waals surface area (Å²) >= 11 is 0. The molecular weight excluding hydrogens is 348 g/mol. The van der Waals surface area contributed by atoms with Crippen LogP contribution in [0.25, 0.3) is 11.5 Å². The molecule has 0 aliphatic rings. The van der Waals surface area contributed by atoms with Crippen molar-refractivity contribution in [1.29, 1.82) is 5.41 Å². The number of rotatable bonds is 9. The minimum atomic E-state index is 0.329. The highest BCUT2D eigenvalue weighted by atomic mass is 16.5. The first-order chi connectivity index (χ1) is 13.6. The Kier molecular flexibility index (Phi) is 6.64. The van der Waals surface area contributed by atoms with Gasteiger partial charge in [-0.25, -0.2) is 4.98 Å². The molecule has 0 amide bonds. The van der Waals surface area contributed by atoms with Gasteiger partial charge in [0.1, 0.15) is 18.1 Å². The maximum absolute atomic E-state index is 8.14. The maximum Gasteiger partial charge on any atom is 0.226 e. The van der Waals surface area contributed by atoms with Crippen LogP contribution in [-0.4, -0.2) is 10.7 Å². The van der Waals surface area contributed by atoms with Gasteiger partial charge >= 0.3 is 0 Å². The molecule has 1 aromatic heterocycles. The van der Waals surface area contributed by atoms with Gasteiger partial charge in [-0.15, -0.1) is 0 Å². The molecule has 1 atom stereocenters. The molecule has 28 heavy (non-hydrogen) atoms. The highest BCUT2D eigenvalue weighted by Crippen LogP contribution is 2.25. The number of oxazole rings is 1. The van der Waals surface area contributed by atoms with Gasteiger partial charge in [0.05, 0.1) is 5.69 Å². The number of hydrogen-bond acceptors (Lipinski definition) is 4. The molecule has 0 aliphatic carbocycles. The smallest absolute Gasteiger partial charge is 0.226 e. The van der Waals surface area contributed by atoms with Crippen molar-refractivity contribution >= 4 is 5.71 Å². The second kappa shape index (κ2) is 9.36. The van der Waals surface area contributed by atoms with Gasteiger partial charge in [0.15, 0.2) is 0 Å². The van der Waals surface area contributed by atoms with Gasteiger partial charge in [-0.2, -0.15) is 0 Å². The van der Waals surface area contributed by atoms with E-state index in [1.54, 1.807) is 0 Å². The van der Waals surface area contributed by atoms with E-state index in [0.717, 1.165) is 53.3 Å². The van der Waals surface area contributed by atoms with Gasteiger partial charge in [-0.1, -0.05) is 44.2 Å². The van der Waals surface area contributed by atoms with E-state index in [2.05, 4.69) is 18.8 Å². The number of aromatic nitrogens is 1. The fourth-order valence-corrected chi connectivity index (χ4v) is 2.96. The normalized spacial score (nSPS) is 12.0. The fraction of sp³-hybridized carbons (Fsp3) is 0.333. The summed E-state index contributed by atoms with van der Waals surface area (Å²) in [6, 6.07) is 17.9. The van der Waals surface area contributed by atoms with Crippen LogP contribution >= 0.6 is 0 Å². The Hall–Kier alpha value is -2.88. The van der Waals surface area contributed by atoms with Gasteiger partial charge < -0.3 is 14.6 Å². The number of benzene rings is 2. The van der Waals surface area contributed by atoms with E-state index in [4.69, 9.17) is 14.6 Å². The third-order valence-electron chi connectivity index (χ3n) is 5.08. The number of hydrogen-bond donors (Lipinski definition) is 1. The summed E-state index contributed by atoms with van der Waals surface area (Å²) in [7, 11) is 0. The van der Waals surface area contributed by atoms with E-state index >= 15 is 0 Å². The number of nitrogens with zero attached hydrogens (tertiary/aromatic N) is 1. The van der Waals surface area contributed by atoms with Crippen LogP contribution in [0.2, 0.25) is 0 Å². The summed E-state index contributed by atoms with van der Waals surface area (Å²) in [5.41, 5.74) is 3.79. The minimum Gasteiger partial charge on any atom is -0.489 e. The third-order valence-corrected chi connectivity index (χ3v) is 5.08. The standard InChI is InChI=1S/C24H28N2O2/c1-4-17(2)22(25)14-15-23-18(3)28-24(26-23)20-10-12-21(13-11-20)27-16-19-8-6-5-7-9-19/h5-13,17,25H,4,14-16H2,1-3H3. The Labute approximate surface area is 167 Å². The molecule has 3 aromatic rings. The SMILES string of the molecule is CCC(C)C(=N)CCc1nc(-c2ccc(OCc3ccccc3)cc2)oc1C. The Morgan fingerprint density at radius 3 is 2.50 bits per heavy atom. The van der Waals surface area contributed by atoms with Crippen LogP contribution in [0.3, 0.4) is 0 Å². The number of ether oxygens (including phenoxy) is 1. The predicted octanol–water partition coefficient (Wildman–Crippen LogP) is 6.23. The zero-order valence-corrected chi connectivity index (χ0v) is 16.9. The summed E-state index contributed by atoms with van der Waals surface area (Å²) in [4.78, 5) is 4.66. The lowest BCUT2D eigenvalue weighted by atomic mass is 9.98. The maximum atomic E-state index is 8.14. The van der Waals surface area contributed by atoms with Crippen LogP contribution in [0.1, 0.15) is 43.7 Å². The minimum absolute atomic E-state index is 0.329. The molecule has 0 radical (unpaired) electrons. The molecule has 4 heteroatoms. The molecule has 0 spiro atoms. The molecule has 0 fully saturated rings. The van der Waals surface area contributed by atoms with Gasteiger partial charge in [0.25, 0.3) is 0 Å². The molecule has 146 valence electrons. The fourth-order valence-electron chi connectivity index (χ4n) is 2.96. The van der Waals surface area contributed by atoms with Crippen LogP contribution in [0.5, 0.6) is 5.75 Å². The van der Waals surface area contributed by atoms with Crippen LogP contribution in [-0.2, 0) is 13.0 Å². The molecule has 3 rings (SSSR count). The molecule has 4 nitrogen and oxygen atoms in total. The first-order valence-corrected chi connectivity index (χ1v) is 9.87. The molecular formula is C24H28N2O2. The first kappa shape index (κ1) is 19.9. The van der Waals surface area contributed by atoms with Crippen molar-refractivity contribution in [2.45, 2.75) is 46.6 Å². The second-order valence-electron chi connectivity index (χ2n) is 7.16. The van der Waals surface area contributed by atoms with Crippen molar-refractivity contribution < 1.29 is 9.15 Å². The largest absolute Gasteiger partial charge is 0.489 e. The molecule has 1 unspecified atom stereocenters. The molecule has 0 saturated carbocycles. The van der Waals surface area contributed by atoms with Crippen LogP contribution < -0.4 is 4.74 Å². The number of aryl methyl sites for hydroxylation is 2. The van der Waals surface area contributed by atoms with Gasteiger partial charge in [-0.05, 0) is 61.9 Å². The Morgan fingerprint density at radius 1 is 1.11 bits per heavy atom. The molecule has 1 N–H and O–H groups in total. The van der Waals surface area contributed by atoms with Crippen molar-refractivity contribution in [3.63, 3.8) is 0 Å². The van der Waals surface area contributed by atoms with Crippen molar-refractivity contribution in [1.82, 2.24) is 4.98 Å². The molecule has 1 heterocycles. The average molecular weight is 377 g/mol. The Morgan fingerprint density at radius 2 is 1.82 bits per heavy atom. The predicted molar refractivity (Wildman–Crippen MR) is 113 cm³/mol. The molecule has 0 aliphatic heterocycles. The zero-order valence-electron chi connectivity index (χ0n) is 16.9. The molecule has 0 saturated heterocycles. The van der Waals surface area contributed by atoms with Gasteiger partial charge in [0, 0.05) is 11.3 Å². The Balaban J connectivity index is 1.61. The summed E-state index contributed by atoms with van der Waals surface area (Å²) < 4.78 is 11.7. The number of nitrogens with one attached hydrogen (secondary N) is 1. The van der Waals surface area contributed by atoms with Crippen LogP contribution in [0.15, 0.2) is 59.0 Å². The van der Waals surface area contributed by atoms with Crippen molar-refractivity contribution in [2.75, 3.05) is 0 Å². The van der Waals surface area contributed by atoms with Gasteiger partial charge in [0.2, 0.25) is 5.89 Å².